The quantitative estimate of drug-likeness (QED) is 0.706. The smallest absolute Gasteiger partial charge is 0.106 e. The van der Waals surface area contributed by atoms with Crippen LogP contribution < -0.4 is 5.32 Å². The van der Waals surface area contributed by atoms with Crippen molar-refractivity contribution < 1.29 is 0 Å². The van der Waals surface area contributed by atoms with E-state index in [0.717, 1.165) is 25.3 Å². The second kappa shape index (κ2) is 3.14. The highest BCUT2D eigenvalue weighted by Gasteiger charge is 2.18. The average Bonchev–Trinajstić information content (AvgIpc) is 2.39. The number of rotatable bonds is 1. The normalized spacial score (nSPS) is 16.3. The van der Waals surface area contributed by atoms with Gasteiger partial charge in [0.15, 0.2) is 0 Å². The minimum Gasteiger partial charge on any atom is -0.329 e. The third-order valence-corrected chi connectivity index (χ3v) is 2.62. The van der Waals surface area contributed by atoms with E-state index in [9.17, 15) is 0 Å². The standard InChI is InChI=1S/C10H17N3/c1-7(2)13-8(3)12-9-6-11-5-4-10(9)13/h7,11H,4-6H2,1-3H3. The van der Waals surface area contributed by atoms with Crippen LogP contribution in [-0.2, 0) is 13.0 Å². The SMILES string of the molecule is Cc1nc2c(n1C(C)C)CCNC2. The zero-order valence-corrected chi connectivity index (χ0v) is 8.59. The Morgan fingerprint density at radius 1 is 1.46 bits per heavy atom. The maximum atomic E-state index is 4.57. The van der Waals surface area contributed by atoms with Gasteiger partial charge >= 0.3 is 0 Å². The molecule has 2 rings (SSSR count). The highest BCUT2D eigenvalue weighted by molar-refractivity contribution is 5.20. The molecule has 1 aliphatic heterocycles. The lowest BCUT2D eigenvalue weighted by molar-refractivity contribution is 0.533. The minimum atomic E-state index is 0.536. The molecule has 1 aliphatic rings. The lowest BCUT2D eigenvalue weighted by Gasteiger charge is -2.18. The molecule has 0 radical (unpaired) electrons. The van der Waals surface area contributed by atoms with Crippen molar-refractivity contribution in [3.05, 3.63) is 17.2 Å². The van der Waals surface area contributed by atoms with Crippen molar-refractivity contribution in [1.29, 1.82) is 0 Å². The third kappa shape index (κ3) is 1.37. The summed E-state index contributed by atoms with van der Waals surface area (Å²) in [7, 11) is 0. The van der Waals surface area contributed by atoms with Gasteiger partial charge in [0.2, 0.25) is 0 Å². The third-order valence-electron chi connectivity index (χ3n) is 2.62. The second-order valence-corrected chi connectivity index (χ2v) is 3.94. The topological polar surface area (TPSA) is 29.9 Å². The van der Waals surface area contributed by atoms with Crippen LogP contribution in [0.4, 0.5) is 0 Å². The Kier molecular flexibility index (Phi) is 2.12. The summed E-state index contributed by atoms with van der Waals surface area (Å²) < 4.78 is 2.36. The van der Waals surface area contributed by atoms with Crippen LogP contribution in [0.1, 0.15) is 37.1 Å². The van der Waals surface area contributed by atoms with Gasteiger partial charge in [0.1, 0.15) is 5.82 Å². The number of hydrogen-bond acceptors (Lipinski definition) is 2. The number of nitrogens with zero attached hydrogens (tertiary/aromatic N) is 2. The summed E-state index contributed by atoms with van der Waals surface area (Å²) in [6, 6.07) is 0.536. The lowest BCUT2D eigenvalue weighted by atomic mass is 10.1. The first-order chi connectivity index (χ1) is 6.20. The summed E-state index contributed by atoms with van der Waals surface area (Å²) >= 11 is 0. The Bertz CT molecular complexity index is 312. The molecule has 0 saturated heterocycles. The summed E-state index contributed by atoms with van der Waals surface area (Å²) in [6.45, 7) is 8.56. The van der Waals surface area contributed by atoms with Crippen LogP contribution in [0, 0.1) is 6.92 Å². The maximum Gasteiger partial charge on any atom is 0.106 e. The molecule has 0 atom stereocenters. The van der Waals surface area contributed by atoms with E-state index in [1.165, 1.54) is 11.4 Å². The molecule has 13 heavy (non-hydrogen) atoms. The van der Waals surface area contributed by atoms with Gasteiger partial charge in [-0.3, -0.25) is 0 Å². The van der Waals surface area contributed by atoms with Crippen LogP contribution in [0.2, 0.25) is 0 Å². The molecule has 0 aliphatic carbocycles. The van der Waals surface area contributed by atoms with Crippen LogP contribution in [0.5, 0.6) is 0 Å². The Morgan fingerprint density at radius 3 is 2.92 bits per heavy atom. The van der Waals surface area contributed by atoms with Crippen LogP contribution in [0.15, 0.2) is 0 Å². The number of aromatic nitrogens is 2. The molecule has 0 unspecified atom stereocenters. The molecule has 1 N–H and O–H groups in total. The Labute approximate surface area is 79.2 Å². The summed E-state index contributed by atoms with van der Waals surface area (Å²) in [4.78, 5) is 4.57. The molecule has 72 valence electrons. The molecular formula is C10H17N3. The molecule has 0 spiro atoms. The number of hydrogen-bond donors (Lipinski definition) is 1. The summed E-state index contributed by atoms with van der Waals surface area (Å²) in [6.07, 6.45) is 1.12. The van der Waals surface area contributed by atoms with E-state index in [-0.39, 0.29) is 0 Å². The van der Waals surface area contributed by atoms with E-state index in [2.05, 4.69) is 35.6 Å². The van der Waals surface area contributed by atoms with Gasteiger partial charge in [0, 0.05) is 31.2 Å². The maximum absolute atomic E-state index is 4.57. The second-order valence-electron chi connectivity index (χ2n) is 3.94. The number of aryl methyl sites for hydroxylation is 1. The minimum absolute atomic E-state index is 0.536. The Balaban J connectivity index is 2.48. The average molecular weight is 179 g/mol. The number of nitrogens with one attached hydrogen (secondary N) is 1. The largest absolute Gasteiger partial charge is 0.329 e. The fourth-order valence-corrected chi connectivity index (χ4v) is 2.15. The summed E-state index contributed by atoms with van der Waals surface area (Å²) in [5, 5.41) is 3.34. The first kappa shape index (κ1) is 8.75. The van der Waals surface area contributed by atoms with Crippen LogP contribution in [0.3, 0.4) is 0 Å². The predicted octanol–water partition coefficient (Wildman–Crippen LogP) is 1.42. The van der Waals surface area contributed by atoms with Gasteiger partial charge in [-0.05, 0) is 20.8 Å². The van der Waals surface area contributed by atoms with Gasteiger partial charge < -0.3 is 9.88 Å². The highest BCUT2D eigenvalue weighted by Crippen LogP contribution is 2.19. The van der Waals surface area contributed by atoms with Crippen molar-refractivity contribution >= 4 is 0 Å². The van der Waals surface area contributed by atoms with Gasteiger partial charge in [0.25, 0.3) is 0 Å². The number of fused-ring (bicyclic) bond motifs is 1. The van der Waals surface area contributed by atoms with Gasteiger partial charge in [-0.15, -0.1) is 0 Å². The van der Waals surface area contributed by atoms with Crippen molar-refractivity contribution in [2.75, 3.05) is 6.54 Å². The highest BCUT2D eigenvalue weighted by atomic mass is 15.1. The zero-order chi connectivity index (χ0) is 9.42. The molecule has 1 aromatic rings. The van der Waals surface area contributed by atoms with Crippen molar-refractivity contribution in [3.63, 3.8) is 0 Å². The predicted molar refractivity (Wildman–Crippen MR) is 52.8 cm³/mol. The van der Waals surface area contributed by atoms with Crippen LogP contribution >= 0.6 is 0 Å². The van der Waals surface area contributed by atoms with Crippen molar-refractivity contribution in [3.8, 4) is 0 Å². The number of imidazole rings is 1. The molecule has 0 aromatic carbocycles. The molecule has 1 aromatic heterocycles. The Morgan fingerprint density at radius 2 is 2.23 bits per heavy atom. The van der Waals surface area contributed by atoms with E-state index in [0.29, 0.717) is 6.04 Å². The fourth-order valence-electron chi connectivity index (χ4n) is 2.15. The molecular weight excluding hydrogens is 162 g/mol. The first-order valence-electron chi connectivity index (χ1n) is 4.97. The van der Waals surface area contributed by atoms with Gasteiger partial charge in [-0.1, -0.05) is 0 Å². The lowest BCUT2D eigenvalue weighted by Crippen LogP contribution is -2.25. The van der Waals surface area contributed by atoms with Crippen LogP contribution in [0.25, 0.3) is 0 Å². The van der Waals surface area contributed by atoms with Crippen LogP contribution in [-0.4, -0.2) is 16.1 Å². The fraction of sp³-hybridized carbons (Fsp3) is 0.700. The first-order valence-corrected chi connectivity index (χ1v) is 4.97. The molecule has 3 nitrogen and oxygen atoms in total. The molecule has 0 fully saturated rings. The van der Waals surface area contributed by atoms with E-state index in [1.807, 2.05) is 0 Å². The molecule has 2 heterocycles. The molecule has 0 bridgehead atoms. The summed E-state index contributed by atoms with van der Waals surface area (Å²) in [5.74, 6) is 1.16. The zero-order valence-electron chi connectivity index (χ0n) is 8.59. The van der Waals surface area contributed by atoms with E-state index >= 15 is 0 Å². The van der Waals surface area contributed by atoms with Gasteiger partial charge in [-0.25, -0.2) is 4.98 Å². The molecule has 0 saturated carbocycles. The van der Waals surface area contributed by atoms with Gasteiger partial charge in [0.05, 0.1) is 5.69 Å². The molecule has 3 heteroatoms. The van der Waals surface area contributed by atoms with Crippen molar-refractivity contribution in [2.24, 2.45) is 0 Å². The van der Waals surface area contributed by atoms with E-state index in [1.54, 1.807) is 0 Å². The van der Waals surface area contributed by atoms with Crippen molar-refractivity contribution in [1.82, 2.24) is 14.9 Å². The summed E-state index contributed by atoms with van der Waals surface area (Å²) in [5.41, 5.74) is 2.68. The Hall–Kier alpha value is -0.830. The van der Waals surface area contributed by atoms with E-state index < -0.39 is 0 Å². The van der Waals surface area contributed by atoms with Crippen molar-refractivity contribution in [2.45, 2.75) is 39.8 Å². The van der Waals surface area contributed by atoms with E-state index in [4.69, 9.17) is 0 Å². The monoisotopic (exact) mass is 179 g/mol. The van der Waals surface area contributed by atoms with Gasteiger partial charge in [-0.2, -0.15) is 0 Å². The molecule has 0 amide bonds.